The minimum absolute atomic E-state index is 0.0505. The number of benzene rings is 1. The molecule has 6 nitrogen and oxygen atoms in total. The number of rotatable bonds is 3. The van der Waals surface area contributed by atoms with Gasteiger partial charge in [-0.1, -0.05) is 6.07 Å². The molecule has 2 aliphatic heterocycles. The summed E-state index contributed by atoms with van der Waals surface area (Å²) in [5, 5.41) is 12.9. The second kappa shape index (κ2) is 5.04. The standard InChI is InChI=1S/C19H24N2O4/c1-10-3-4-14(15-16(10)24-9-19(15)5-6-19)25-13-7-12(8-13)21-17(22)11(2)20-18(21)23/h3-4,11-13,17,22H,5-9H2,1-2H3,(H,20,23)/t11-,12-,13-,17?/m1/s1. The summed E-state index contributed by atoms with van der Waals surface area (Å²) in [6.45, 7) is 4.67. The maximum Gasteiger partial charge on any atom is 0.320 e. The molecule has 1 saturated heterocycles. The highest BCUT2D eigenvalue weighted by Crippen LogP contribution is 2.59. The van der Waals surface area contributed by atoms with Gasteiger partial charge in [0.25, 0.3) is 0 Å². The second-order valence-corrected chi connectivity index (χ2v) is 8.08. The average Bonchev–Trinajstić information content (AvgIpc) is 3.14. The fourth-order valence-corrected chi connectivity index (χ4v) is 4.41. The van der Waals surface area contributed by atoms with Gasteiger partial charge in [0, 0.05) is 29.9 Å². The first-order valence-corrected chi connectivity index (χ1v) is 9.19. The fourth-order valence-electron chi connectivity index (χ4n) is 4.41. The fraction of sp³-hybridized carbons (Fsp3) is 0.632. The zero-order valence-electron chi connectivity index (χ0n) is 14.6. The molecule has 4 aliphatic rings. The number of carbonyl (C=O) groups excluding carboxylic acids is 1. The van der Waals surface area contributed by atoms with Crippen LogP contribution >= 0.6 is 0 Å². The summed E-state index contributed by atoms with van der Waals surface area (Å²) in [5.41, 5.74) is 2.60. The third-order valence-corrected chi connectivity index (χ3v) is 6.27. The molecule has 134 valence electrons. The number of ether oxygens (including phenoxy) is 2. The van der Waals surface area contributed by atoms with Crippen LogP contribution < -0.4 is 14.8 Å². The Bertz CT molecular complexity index is 739. The van der Waals surface area contributed by atoms with Crippen molar-refractivity contribution in [2.75, 3.05) is 6.61 Å². The number of carbonyl (C=O) groups is 1. The maximum absolute atomic E-state index is 12.0. The molecule has 2 N–H and O–H groups in total. The highest BCUT2D eigenvalue weighted by Gasteiger charge is 2.53. The van der Waals surface area contributed by atoms with Gasteiger partial charge < -0.3 is 19.9 Å². The van der Waals surface area contributed by atoms with Crippen molar-refractivity contribution in [3.8, 4) is 11.5 Å². The van der Waals surface area contributed by atoms with Crippen LogP contribution in [0.15, 0.2) is 12.1 Å². The van der Waals surface area contributed by atoms with Crippen LogP contribution in [0.1, 0.15) is 43.7 Å². The molecule has 3 fully saturated rings. The van der Waals surface area contributed by atoms with Crippen molar-refractivity contribution >= 4 is 6.03 Å². The molecule has 6 heteroatoms. The van der Waals surface area contributed by atoms with E-state index in [-0.39, 0.29) is 29.6 Å². The molecular formula is C19H24N2O4. The van der Waals surface area contributed by atoms with Gasteiger partial charge in [-0.25, -0.2) is 4.79 Å². The molecule has 2 atom stereocenters. The summed E-state index contributed by atoms with van der Waals surface area (Å²) in [7, 11) is 0. The smallest absolute Gasteiger partial charge is 0.320 e. The number of fused-ring (bicyclic) bond motifs is 2. The lowest BCUT2D eigenvalue weighted by molar-refractivity contribution is -0.0364. The van der Waals surface area contributed by atoms with Gasteiger partial charge in [0.1, 0.15) is 17.6 Å². The lowest BCUT2D eigenvalue weighted by Gasteiger charge is -2.42. The molecule has 1 unspecified atom stereocenters. The number of aliphatic hydroxyl groups excluding tert-OH is 1. The van der Waals surface area contributed by atoms with Gasteiger partial charge in [0.05, 0.1) is 12.6 Å². The molecule has 2 amide bonds. The summed E-state index contributed by atoms with van der Waals surface area (Å²) in [4.78, 5) is 13.5. The van der Waals surface area contributed by atoms with Crippen LogP contribution in [0.5, 0.6) is 11.5 Å². The summed E-state index contributed by atoms with van der Waals surface area (Å²) in [6, 6.07) is 3.78. The Morgan fingerprint density at radius 3 is 2.76 bits per heavy atom. The monoisotopic (exact) mass is 344 g/mol. The van der Waals surface area contributed by atoms with E-state index in [4.69, 9.17) is 9.47 Å². The van der Waals surface area contributed by atoms with Gasteiger partial charge in [-0.2, -0.15) is 0 Å². The van der Waals surface area contributed by atoms with Crippen LogP contribution in [-0.2, 0) is 5.41 Å². The van der Waals surface area contributed by atoms with Gasteiger partial charge in [-0.05, 0) is 38.3 Å². The largest absolute Gasteiger partial charge is 0.492 e. The molecule has 1 aromatic rings. The lowest BCUT2D eigenvalue weighted by Crippen LogP contribution is -2.53. The van der Waals surface area contributed by atoms with E-state index in [0.29, 0.717) is 0 Å². The quantitative estimate of drug-likeness (QED) is 0.880. The first-order chi connectivity index (χ1) is 12.0. The molecule has 1 aromatic carbocycles. The number of hydrogen-bond acceptors (Lipinski definition) is 4. The number of aryl methyl sites for hydroxylation is 1. The molecule has 2 saturated carbocycles. The minimum atomic E-state index is -0.745. The highest BCUT2D eigenvalue weighted by molar-refractivity contribution is 5.77. The number of hydrogen-bond donors (Lipinski definition) is 2. The van der Waals surface area contributed by atoms with Crippen molar-refractivity contribution < 1.29 is 19.4 Å². The second-order valence-electron chi connectivity index (χ2n) is 8.08. The Hall–Kier alpha value is -1.95. The van der Waals surface area contributed by atoms with Crippen molar-refractivity contribution in [1.29, 1.82) is 0 Å². The normalized spacial score (nSPS) is 34.4. The predicted molar refractivity (Wildman–Crippen MR) is 90.9 cm³/mol. The van der Waals surface area contributed by atoms with Crippen LogP contribution in [0.25, 0.3) is 0 Å². The van der Waals surface area contributed by atoms with E-state index in [1.54, 1.807) is 4.90 Å². The van der Waals surface area contributed by atoms with Crippen molar-refractivity contribution in [2.24, 2.45) is 0 Å². The van der Waals surface area contributed by atoms with Crippen molar-refractivity contribution in [3.05, 3.63) is 23.3 Å². The Balaban J connectivity index is 1.30. The van der Waals surface area contributed by atoms with Crippen molar-refractivity contribution in [1.82, 2.24) is 10.2 Å². The molecule has 1 spiro atoms. The first kappa shape index (κ1) is 15.3. The summed E-state index contributed by atoms with van der Waals surface area (Å²) in [5.74, 6) is 1.95. The predicted octanol–water partition coefficient (Wildman–Crippen LogP) is 2.06. The van der Waals surface area contributed by atoms with E-state index in [1.807, 2.05) is 6.92 Å². The Kier molecular flexibility index (Phi) is 3.08. The highest BCUT2D eigenvalue weighted by atomic mass is 16.5. The molecule has 0 aromatic heterocycles. The minimum Gasteiger partial charge on any atom is -0.492 e. The molecule has 2 heterocycles. The molecule has 25 heavy (non-hydrogen) atoms. The van der Waals surface area contributed by atoms with Gasteiger partial charge in [-0.15, -0.1) is 0 Å². The molecule has 5 rings (SSSR count). The molecule has 0 bridgehead atoms. The van der Waals surface area contributed by atoms with Gasteiger partial charge in [0.2, 0.25) is 0 Å². The van der Waals surface area contributed by atoms with Crippen LogP contribution in [0, 0.1) is 6.92 Å². The van der Waals surface area contributed by atoms with Gasteiger partial charge in [-0.3, -0.25) is 4.90 Å². The average molecular weight is 344 g/mol. The van der Waals surface area contributed by atoms with Crippen LogP contribution in [-0.4, -0.2) is 47.1 Å². The van der Waals surface area contributed by atoms with E-state index < -0.39 is 6.23 Å². The Labute approximate surface area is 147 Å². The van der Waals surface area contributed by atoms with E-state index in [2.05, 4.69) is 24.4 Å². The van der Waals surface area contributed by atoms with E-state index >= 15 is 0 Å². The Morgan fingerprint density at radius 2 is 2.12 bits per heavy atom. The number of amides is 2. The molecule has 0 radical (unpaired) electrons. The van der Waals surface area contributed by atoms with Crippen LogP contribution in [0.4, 0.5) is 4.79 Å². The third-order valence-electron chi connectivity index (χ3n) is 6.27. The first-order valence-electron chi connectivity index (χ1n) is 9.19. The number of nitrogens with zero attached hydrogens (tertiary/aromatic N) is 1. The summed E-state index contributed by atoms with van der Waals surface area (Å²) >= 11 is 0. The van der Waals surface area contributed by atoms with Crippen molar-refractivity contribution in [2.45, 2.75) is 69.4 Å². The van der Waals surface area contributed by atoms with Crippen LogP contribution in [0.3, 0.4) is 0 Å². The van der Waals surface area contributed by atoms with Crippen LogP contribution in [0.2, 0.25) is 0 Å². The molecular weight excluding hydrogens is 320 g/mol. The molecule has 2 aliphatic carbocycles. The lowest BCUT2D eigenvalue weighted by atomic mass is 9.87. The summed E-state index contributed by atoms with van der Waals surface area (Å²) < 4.78 is 12.2. The van der Waals surface area contributed by atoms with E-state index in [1.165, 1.54) is 24.0 Å². The van der Waals surface area contributed by atoms with E-state index in [0.717, 1.165) is 30.9 Å². The SMILES string of the molecule is Cc1ccc(O[C@H]2C[C@H](N3C(=O)N[C@H](C)C3O)C2)c2c1OCC21CC1. The maximum atomic E-state index is 12.0. The Morgan fingerprint density at radius 1 is 1.36 bits per heavy atom. The number of urea groups is 1. The number of nitrogens with one attached hydrogen (secondary N) is 1. The summed E-state index contributed by atoms with van der Waals surface area (Å²) in [6.07, 6.45) is 3.20. The zero-order valence-corrected chi connectivity index (χ0v) is 14.6. The third kappa shape index (κ3) is 2.16. The van der Waals surface area contributed by atoms with Gasteiger partial charge in [0.15, 0.2) is 6.23 Å². The van der Waals surface area contributed by atoms with Crippen molar-refractivity contribution in [3.63, 3.8) is 0 Å². The topological polar surface area (TPSA) is 71.0 Å². The zero-order chi connectivity index (χ0) is 17.3. The van der Waals surface area contributed by atoms with E-state index in [9.17, 15) is 9.90 Å². The van der Waals surface area contributed by atoms with Gasteiger partial charge >= 0.3 is 6.03 Å². The number of aliphatic hydroxyl groups is 1.